The number of esters is 1. The molecule has 0 aliphatic carbocycles. The second kappa shape index (κ2) is 31.0. The summed E-state index contributed by atoms with van der Waals surface area (Å²) in [6.07, 6.45) is 37.0. The molecule has 2 unspecified atom stereocenters. The Morgan fingerprint density at radius 3 is 1.18 bits per heavy atom. The molecule has 0 heterocycles. The third-order valence-corrected chi connectivity index (χ3v) is 8.61. The molecule has 0 fully saturated rings. The zero-order chi connectivity index (χ0) is 27.9. The Morgan fingerprint density at radius 1 is 0.447 bits per heavy atom. The van der Waals surface area contributed by atoms with Crippen LogP contribution >= 0.6 is 0 Å². The maximum absolute atomic E-state index is 13.0. The van der Waals surface area contributed by atoms with E-state index in [1.807, 2.05) is 0 Å². The van der Waals surface area contributed by atoms with Gasteiger partial charge in [-0.25, -0.2) is 0 Å². The average molecular weight is 537 g/mol. The predicted molar refractivity (Wildman–Crippen MR) is 170 cm³/mol. The van der Waals surface area contributed by atoms with Crippen molar-refractivity contribution in [3.8, 4) is 0 Å². The minimum Gasteiger partial charge on any atom is -0.465 e. The summed E-state index contributed by atoms with van der Waals surface area (Å²) in [4.78, 5) is 13.0. The van der Waals surface area contributed by atoms with E-state index in [2.05, 4.69) is 27.7 Å². The highest BCUT2D eigenvalue weighted by molar-refractivity contribution is 5.72. The van der Waals surface area contributed by atoms with E-state index < -0.39 is 0 Å². The number of carbonyl (C=O) groups is 1. The van der Waals surface area contributed by atoms with Crippen LogP contribution in [0.2, 0.25) is 0 Å². The minimum absolute atomic E-state index is 0.104. The van der Waals surface area contributed by atoms with Gasteiger partial charge in [-0.3, -0.25) is 4.79 Å². The summed E-state index contributed by atoms with van der Waals surface area (Å²) in [6, 6.07) is 0. The van der Waals surface area contributed by atoms with Crippen LogP contribution in [0.25, 0.3) is 0 Å². The smallest absolute Gasteiger partial charge is 0.309 e. The van der Waals surface area contributed by atoms with E-state index in [0.29, 0.717) is 12.5 Å². The summed E-state index contributed by atoms with van der Waals surface area (Å²) in [7, 11) is 0. The Morgan fingerprint density at radius 2 is 0.763 bits per heavy atom. The lowest BCUT2D eigenvalue weighted by atomic mass is 9.85. The third-order valence-electron chi connectivity index (χ3n) is 8.61. The van der Waals surface area contributed by atoms with E-state index in [0.717, 1.165) is 12.8 Å². The highest BCUT2D eigenvalue weighted by atomic mass is 16.5. The van der Waals surface area contributed by atoms with Crippen molar-refractivity contribution in [3.05, 3.63) is 0 Å². The average Bonchev–Trinajstić information content (AvgIpc) is 2.92. The monoisotopic (exact) mass is 537 g/mol. The molecule has 0 amide bonds. The first-order valence-electron chi connectivity index (χ1n) is 17.8. The number of carbonyl (C=O) groups excluding carboxylic acids is 1. The summed E-state index contributed by atoms with van der Waals surface area (Å²) in [5.74, 6) is 0.676. The van der Waals surface area contributed by atoms with Crippen LogP contribution in [0.5, 0.6) is 0 Å². The van der Waals surface area contributed by atoms with Crippen molar-refractivity contribution < 1.29 is 9.53 Å². The number of hydrogen-bond acceptors (Lipinski definition) is 2. The van der Waals surface area contributed by atoms with E-state index >= 15 is 0 Å². The lowest BCUT2D eigenvalue weighted by molar-refractivity contribution is -0.151. The molecule has 0 radical (unpaired) electrons. The fraction of sp³-hybridized carbons (Fsp3) is 0.972. The van der Waals surface area contributed by atoms with Crippen LogP contribution in [0.4, 0.5) is 0 Å². The molecule has 0 rings (SSSR count). The van der Waals surface area contributed by atoms with Crippen LogP contribution in [0.3, 0.4) is 0 Å². The van der Waals surface area contributed by atoms with Crippen LogP contribution in [-0.2, 0) is 9.53 Å². The van der Waals surface area contributed by atoms with Gasteiger partial charge in [-0.2, -0.15) is 0 Å². The lowest BCUT2D eigenvalue weighted by Gasteiger charge is -2.23. The molecular formula is C36H72O2. The summed E-state index contributed by atoms with van der Waals surface area (Å²) < 4.78 is 5.84. The Balaban J connectivity index is 4.06. The van der Waals surface area contributed by atoms with Crippen molar-refractivity contribution in [2.45, 2.75) is 207 Å². The highest BCUT2D eigenvalue weighted by Crippen LogP contribution is 2.26. The van der Waals surface area contributed by atoms with Gasteiger partial charge < -0.3 is 4.74 Å². The highest BCUT2D eigenvalue weighted by Gasteiger charge is 2.25. The van der Waals surface area contributed by atoms with Gasteiger partial charge in [0, 0.05) is 0 Å². The van der Waals surface area contributed by atoms with E-state index in [9.17, 15) is 4.79 Å². The van der Waals surface area contributed by atoms with E-state index in [1.165, 1.54) is 167 Å². The Bertz CT molecular complexity index is 460. The van der Waals surface area contributed by atoms with Gasteiger partial charge in [-0.05, 0) is 25.2 Å². The minimum atomic E-state index is 0.104. The van der Waals surface area contributed by atoms with E-state index in [-0.39, 0.29) is 11.9 Å². The topological polar surface area (TPSA) is 26.3 Å². The third kappa shape index (κ3) is 25.7. The first-order chi connectivity index (χ1) is 18.7. The zero-order valence-electron chi connectivity index (χ0n) is 27.0. The van der Waals surface area contributed by atoms with Gasteiger partial charge in [0.05, 0.1) is 12.5 Å². The molecule has 0 aliphatic rings. The van der Waals surface area contributed by atoms with Crippen LogP contribution in [0, 0.1) is 11.8 Å². The van der Waals surface area contributed by atoms with E-state index in [1.54, 1.807) is 0 Å². The maximum atomic E-state index is 13.0. The van der Waals surface area contributed by atoms with Crippen LogP contribution < -0.4 is 0 Å². The second-order valence-electron chi connectivity index (χ2n) is 12.5. The standard InChI is InChI=1S/C36H72O2/c1-5-8-11-14-16-18-20-21-22-24-26-29-32-35(34(4)31-28-13-10-7-3)36(37)38-33-30-27-25-23-19-17-15-12-9-6-2/h34-35H,5-33H2,1-4H3. The predicted octanol–water partition coefficient (Wildman–Crippen LogP) is 12.8. The van der Waals surface area contributed by atoms with Crippen molar-refractivity contribution in [2.24, 2.45) is 11.8 Å². The molecule has 0 saturated carbocycles. The molecule has 0 spiro atoms. The molecule has 0 aromatic rings. The Hall–Kier alpha value is -0.530. The summed E-state index contributed by atoms with van der Waals surface area (Å²) in [6.45, 7) is 9.78. The van der Waals surface area contributed by atoms with Crippen molar-refractivity contribution in [1.82, 2.24) is 0 Å². The molecule has 0 saturated heterocycles. The summed E-state index contributed by atoms with van der Waals surface area (Å²) >= 11 is 0. The summed E-state index contributed by atoms with van der Waals surface area (Å²) in [5.41, 5.74) is 0. The van der Waals surface area contributed by atoms with Gasteiger partial charge in [0.2, 0.25) is 0 Å². The largest absolute Gasteiger partial charge is 0.465 e. The van der Waals surface area contributed by atoms with Gasteiger partial charge in [0.25, 0.3) is 0 Å². The first-order valence-corrected chi connectivity index (χ1v) is 17.8. The van der Waals surface area contributed by atoms with Crippen LogP contribution in [0.15, 0.2) is 0 Å². The van der Waals surface area contributed by atoms with Crippen molar-refractivity contribution in [1.29, 1.82) is 0 Å². The quantitative estimate of drug-likeness (QED) is 0.0650. The maximum Gasteiger partial charge on any atom is 0.309 e. The molecule has 38 heavy (non-hydrogen) atoms. The molecule has 0 aromatic heterocycles. The molecule has 0 bridgehead atoms. The molecule has 2 heteroatoms. The summed E-state index contributed by atoms with van der Waals surface area (Å²) in [5, 5.41) is 0. The molecule has 2 nitrogen and oxygen atoms in total. The van der Waals surface area contributed by atoms with E-state index in [4.69, 9.17) is 4.74 Å². The van der Waals surface area contributed by atoms with Crippen molar-refractivity contribution in [3.63, 3.8) is 0 Å². The molecule has 0 N–H and O–H groups in total. The molecule has 228 valence electrons. The molecule has 2 atom stereocenters. The SMILES string of the molecule is CCCCCCCCCCCCCCC(C(=O)OCCCCCCCCCCCC)C(C)CCCCCC. The first kappa shape index (κ1) is 37.5. The number of rotatable bonds is 31. The van der Waals surface area contributed by atoms with Crippen molar-refractivity contribution >= 4 is 5.97 Å². The Labute approximate surface area is 241 Å². The van der Waals surface area contributed by atoms with Gasteiger partial charge >= 0.3 is 5.97 Å². The zero-order valence-corrected chi connectivity index (χ0v) is 27.0. The Kier molecular flexibility index (Phi) is 30.6. The number of unbranched alkanes of at least 4 members (excludes halogenated alkanes) is 23. The normalized spacial score (nSPS) is 13.1. The van der Waals surface area contributed by atoms with Crippen molar-refractivity contribution in [2.75, 3.05) is 6.61 Å². The fourth-order valence-electron chi connectivity index (χ4n) is 5.80. The van der Waals surface area contributed by atoms with Gasteiger partial charge in [0.1, 0.15) is 0 Å². The van der Waals surface area contributed by atoms with Gasteiger partial charge in [-0.15, -0.1) is 0 Å². The number of ether oxygens (including phenoxy) is 1. The van der Waals surface area contributed by atoms with Crippen LogP contribution in [0.1, 0.15) is 207 Å². The second-order valence-corrected chi connectivity index (χ2v) is 12.5. The van der Waals surface area contributed by atoms with Crippen LogP contribution in [-0.4, -0.2) is 12.6 Å². The van der Waals surface area contributed by atoms with Gasteiger partial charge in [-0.1, -0.05) is 188 Å². The van der Waals surface area contributed by atoms with Gasteiger partial charge in [0.15, 0.2) is 0 Å². The fourth-order valence-corrected chi connectivity index (χ4v) is 5.80. The molecule has 0 aromatic carbocycles. The molecular weight excluding hydrogens is 464 g/mol. The number of hydrogen-bond donors (Lipinski definition) is 0. The molecule has 0 aliphatic heterocycles. The lowest BCUT2D eigenvalue weighted by Crippen LogP contribution is -2.25.